The summed E-state index contributed by atoms with van der Waals surface area (Å²) in [7, 11) is 5.14. The number of rotatable bonds is 5. The third-order valence-electron chi connectivity index (χ3n) is 3.90. The Kier molecular flexibility index (Phi) is 5.03. The third kappa shape index (κ3) is 3.56. The lowest BCUT2D eigenvalue weighted by Crippen LogP contribution is -2.57. The SMILES string of the molecule is COc1ccc(F)c(CN2CCC[C@](O)(CN(C)C)C2=O)c1. The van der Waals surface area contributed by atoms with E-state index in [0.29, 0.717) is 30.7 Å². The normalized spacial score (nSPS) is 22.3. The van der Waals surface area contributed by atoms with Crippen molar-refractivity contribution in [3.63, 3.8) is 0 Å². The van der Waals surface area contributed by atoms with Crippen molar-refractivity contribution in [3.05, 3.63) is 29.6 Å². The molecular formula is C16H23FN2O3. The highest BCUT2D eigenvalue weighted by Crippen LogP contribution is 2.26. The van der Waals surface area contributed by atoms with Gasteiger partial charge in [-0.05, 0) is 45.1 Å². The molecule has 0 spiro atoms. The molecule has 0 bridgehead atoms. The number of ether oxygens (including phenoxy) is 1. The summed E-state index contributed by atoms with van der Waals surface area (Å²) in [6, 6.07) is 4.45. The number of likely N-dealkylation sites (tertiary alicyclic amines) is 1. The van der Waals surface area contributed by atoms with Crippen molar-refractivity contribution in [1.82, 2.24) is 9.80 Å². The molecule has 6 heteroatoms. The topological polar surface area (TPSA) is 53.0 Å². The van der Waals surface area contributed by atoms with Crippen molar-refractivity contribution in [2.75, 3.05) is 34.3 Å². The first-order chi connectivity index (χ1) is 10.4. The molecule has 1 atom stereocenters. The molecule has 1 fully saturated rings. The summed E-state index contributed by atoms with van der Waals surface area (Å²) in [4.78, 5) is 15.9. The summed E-state index contributed by atoms with van der Waals surface area (Å²) < 4.78 is 19.0. The largest absolute Gasteiger partial charge is 0.497 e. The van der Waals surface area contributed by atoms with Crippen LogP contribution in [-0.2, 0) is 11.3 Å². The number of carbonyl (C=O) groups is 1. The predicted octanol–water partition coefficient (Wildman–Crippen LogP) is 1.25. The number of halogens is 1. The van der Waals surface area contributed by atoms with Gasteiger partial charge in [0.05, 0.1) is 7.11 Å². The molecule has 1 saturated heterocycles. The minimum atomic E-state index is -1.39. The van der Waals surface area contributed by atoms with Crippen LogP contribution in [0.5, 0.6) is 5.75 Å². The molecule has 122 valence electrons. The highest BCUT2D eigenvalue weighted by atomic mass is 19.1. The van der Waals surface area contributed by atoms with Gasteiger partial charge in [0.25, 0.3) is 5.91 Å². The summed E-state index contributed by atoms with van der Waals surface area (Å²) in [5.74, 6) is -0.172. The molecule has 1 aliphatic rings. The molecule has 1 amide bonds. The van der Waals surface area contributed by atoms with Crippen LogP contribution in [0, 0.1) is 5.82 Å². The third-order valence-corrected chi connectivity index (χ3v) is 3.90. The van der Waals surface area contributed by atoms with Gasteiger partial charge in [-0.3, -0.25) is 4.79 Å². The molecule has 0 aromatic heterocycles. The summed E-state index contributed by atoms with van der Waals surface area (Å²) >= 11 is 0. The first-order valence-electron chi connectivity index (χ1n) is 7.34. The number of hydrogen-bond acceptors (Lipinski definition) is 4. The van der Waals surface area contributed by atoms with Crippen molar-refractivity contribution in [1.29, 1.82) is 0 Å². The molecule has 1 aliphatic heterocycles. The Bertz CT molecular complexity index is 550. The molecule has 5 nitrogen and oxygen atoms in total. The lowest BCUT2D eigenvalue weighted by atomic mass is 9.91. The van der Waals surface area contributed by atoms with Crippen LogP contribution in [0.2, 0.25) is 0 Å². The van der Waals surface area contributed by atoms with Gasteiger partial charge in [-0.25, -0.2) is 4.39 Å². The van der Waals surface area contributed by atoms with Crippen molar-refractivity contribution in [3.8, 4) is 5.75 Å². The van der Waals surface area contributed by atoms with Gasteiger partial charge in [0.1, 0.15) is 11.6 Å². The number of aliphatic hydroxyl groups is 1. The van der Waals surface area contributed by atoms with Crippen LogP contribution in [0.25, 0.3) is 0 Å². The van der Waals surface area contributed by atoms with E-state index in [4.69, 9.17) is 4.74 Å². The van der Waals surface area contributed by atoms with Crippen LogP contribution in [0.15, 0.2) is 18.2 Å². The molecule has 0 saturated carbocycles. The molecule has 1 heterocycles. The minimum absolute atomic E-state index is 0.137. The van der Waals surface area contributed by atoms with E-state index < -0.39 is 5.60 Å². The van der Waals surface area contributed by atoms with Crippen molar-refractivity contribution in [2.24, 2.45) is 0 Å². The van der Waals surface area contributed by atoms with Crippen LogP contribution in [0.4, 0.5) is 4.39 Å². The van der Waals surface area contributed by atoms with E-state index in [0.717, 1.165) is 0 Å². The second kappa shape index (κ2) is 6.62. The molecule has 22 heavy (non-hydrogen) atoms. The van der Waals surface area contributed by atoms with Crippen LogP contribution in [0.1, 0.15) is 18.4 Å². The van der Waals surface area contributed by atoms with Gasteiger partial charge in [-0.1, -0.05) is 0 Å². The Hall–Kier alpha value is -1.66. The standard InChI is InChI=1S/C16H23FN2O3/c1-18(2)11-16(21)7-4-8-19(15(16)20)10-12-9-13(22-3)5-6-14(12)17/h5-6,9,21H,4,7-8,10-11H2,1-3H3/t16-/m0/s1. The Morgan fingerprint density at radius 2 is 2.18 bits per heavy atom. The number of methoxy groups -OCH3 is 1. The van der Waals surface area contributed by atoms with Gasteiger partial charge in [0.2, 0.25) is 0 Å². The van der Waals surface area contributed by atoms with Crippen LogP contribution in [0.3, 0.4) is 0 Å². The van der Waals surface area contributed by atoms with E-state index in [1.165, 1.54) is 18.1 Å². The summed E-state index contributed by atoms with van der Waals surface area (Å²) in [6.45, 7) is 0.922. The average molecular weight is 310 g/mol. The van der Waals surface area contributed by atoms with Crippen LogP contribution in [-0.4, -0.2) is 60.7 Å². The fourth-order valence-electron chi connectivity index (χ4n) is 2.89. The van der Waals surface area contributed by atoms with Crippen molar-refractivity contribution < 1.29 is 19.0 Å². The summed E-state index contributed by atoms with van der Waals surface area (Å²) in [6.07, 6.45) is 1.13. The number of nitrogens with zero attached hydrogens (tertiary/aromatic N) is 2. The molecule has 1 aromatic carbocycles. The zero-order valence-electron chi connectivity index (χ0n) is 13.3. The molecule has 0 radical (unpaired) electrons. The van der Waals surface area contributed by atoms with Gasteiger partial charge in [-0.15, -0.1) is 0 Å². The smallest absolute Gasteiger partial charge is 0.256 e. The first kappa shape index (κ1) is 16.7. The van der Waals surface area contributed by atoms with Gasteiger partial charge in [0, 0.05) is 25.2 Å². The predicted molar refractivity (Wildman–Crippen MR) is 81.1 cm³/mol. The van der Waals surface area contributed by atoms with E-state index in [1.54, 1.807) is 17.0 Å². The Morgan fingerprint density at radius 1 is 1.45 bits per heavy atom. The number of hydrogen-bond donors (Lipinski definition) is 1. The average Bonchev–Trinajstić information content (AvgIpc) is 2.45. The van der Waals surface area contributed by atoms with E-state index in [2.05, 4.69) is 0 Å². The summed E-state index contributed by atoms with van der Waals surface area (Å²) in [5.41, 5.74) is -1.00. The zero-order valence-corrected chi connectivity index (χ0v) is 13.3. The number of amides is 1. The summed E-state index contributed by atoms with van der Waals surface area (Å²) in [5, 5.41) is 10.6. The van der Waals surface area contributed by atoms with Crippen LogP contribution < -0.4 is 4.74 Å². The van der Waals surface area contributed by atoms with Gasteiger partial charge < -0.3 is 19.6 Å². The quantitative estimate of drug-likeness (QED) is 0.889. The highest BCUT2D eigenvalue weighted by Gasteiger charge is 2.42. The van der Waals surface area contributed by atoms with Gasteiger partial charge in [-0.2, -0.15) is 0 Å². The molecule has 0 aliphatic carbocycles. The maximum atomic E-state index is 13.9. The number of likely N-dealkylation sites (N-methyl/N-ethyl adjacent to an activating group) is 1. The molecule has 0 unspecified atom stereocenters. The number of piperidine rings is 1. The second-order valence-corrected chi connectivity index (χ2v) is 6.06. The lowest BCUT2D eigenvalue weighted by Gasteiger charge is -2.39. The number of carbonyl (C=O) groups excluding carboxylic acids is 1. The molecular weight excluding hydrogens is 287 g/mol. The minimum Gasteiger partial charge on any atom is -0.497 e. The Balaban J connectivity index is 2.17. The van der Waals surface area contributed by atoms with E-state index >= 15 is 0 Å². The maximum Gasteiger partial charge on any atom is 0.256 e. The van der Waals surface area contributed by atoms with Crippen molar-refractivity contribution in [2.45, 2.75) is 25.0 Å². The fourth-order valence-corrected chi connectivity index (χ4v) is 2.89. The van der Waals surface area contributed by atoms with E-state index in [9.17, 15) is 14.3 Å². The maximum absolute atomic E-state index is 13.9. The van der Waals surface area contributed by atoms with E-state index in [-0.39, 0.29) is 24.8 Å². The zero-order chi connectivity index (χ0) is 16.3. The molecule has 1 N–H and O–H groups in total. The highest BCUT2D eigenvalue weighted by molar-refractivity contribution is 5.86. The molecule has 1 aromatic rings. The number of benzene rings is 1. The molecule has 2 rings (SSSR count). The lowest BCUT2D eigenvalue weighted by molar-refractivity contribution is -0.159. The van der Waals surface area contributed by atoms with Gasteiger partial charge >= 0.3 is 0 Å². The Morgan fingerprint density at radius 3 is 2.82 bits per heavy atom. The fraction of sp³-hybridized carbons (Fsp3) is 0.562. The first-order valence-corrected chi connectivity index (χ1v) is 7.34. The van der Waals surface area contributed by atoms with Crippen molar-refractivity contribution >= 4 is 5.91 Å². The second-order valence-electron chi connectivity index (χ2n) is 6.06. The van der Waals surface area contributed by atoms with Gasteiger partial charge in [0.15, 0.2) is 5.60 Å². The van der Waals surface area contributed by atoms with Crippen LogP contribution >= 0.6 is 0 Å². The van der Waals surface area contributed by atoms with E-state index in [1.807, 2.05) is 14.1 Å². The monoisotopic (exact) mass is 310 g/mol. The Labute approximate surface area is 130 Å².